The van der Waals surface area contributed by atoms with Crippen LogP contribution >= 0.6 is 0 Å². The first-order valence-corrected chi connectivity index (χ1v) is 9.90. The second-order valence-electron chi connectivity index (χ2n) is 7.32. The summed E-state index contributed by atoms with van der Waals surface area (Å²) in [4.78, 5) is 12.4. The van der Waals surface area contributed by atoms with Crippen molar-refractivity contribution in [1.82, 2.24) is 0 Å². The van der Waals surface area contributed by atoms with Crippen LogP contribution in [0.3, 0.4) is 0 Å². The molecule has 0 aliphatic heterocycles. The summed E-state index contributed by atoms with van der Waals surface area (Å²) in [5.74, 6) is -0.252. The molecule has 1 aliphatic carbocycles. The molecule has 1 aromatic carbocycles. The van der Waals surface area contributed by atoms with E-state index in [1.807, 2.05) is 13.0 Å². The van der Waals surface area contributed by atoms with Crippen molar-refractivity contribution in [2.45, 2.75) is 70.6 Å². The third-order valence-electron chi connectivity index (χ3n) is 5.34. The maximum absolute atomic E-state index is 12.8. The fourth-order valence-electron chi connectivity index (χ4n) is 3.78. The Balaban J connectivity index is 1.71. The molecule has 1 N–H and O–H groups in total. The normalized spacial score (nSPS) is 20.5. The van der Waals surface area contributed by atoms with Crippen molar-refractivity contribution >= 4 is 5.97 Å². The van der Waals surface area contributed by atoms with E-state index >= 15 is 0 Å². The van der Waals surface area contributed by atoms with Crippen LogP contribution in [-0.2, 0) is 20.7 Å². The summed E-state index contributed by atoms with van der Waals surface area (Å²) < 4.78 is 48.4. The molecule has 28 heavy (non-hydrogen) atoms. The lowest BCUT2D eigenvalue weighted by molar-refractivity contribution is -0.221. The Morgan fingerprint density at radius 1 is 1.29 bits per heavy atom. The number of esters is 1. The van der Waals surface area contributed by atoms with Crippen molar-refractivity contribution in [2.24, 2.45) is 5.92 Å². The predicted molar refractivity (Wildman–Crippen MR) is 99.2 cm³/mol. The van der Waals surface area contributed by atoms with Crippen molar-refractivity contribution in [3.8, 4) is 5.75 Å². The van der Waals surface area contributed by atoms with E-state index in [1.54, 1.807) is 19.1 Å². The largest absolute Gasteiger partial charge is 0.508 e. The summed E-state index contributed by atoms with van der Waals surface area (Å²) in [7, 11) is 0. The Kier molecular flexibility index (Phi) is 8.16. The number of alkyl halides is 3. The van der Waals surface area contributed by atoms with Gasteiger partial charge in [0.15, 0.2) is 6.10 Å². The molecule has 0 heterocycles. The van der Waals surface area contributed by atoms with Gasteiger partial charge in [-0.1, -0.05) is 19.4 Å². The number of ether oxygens (including phenoxy) is 2. The number of carbonyl (C=O) groups excluding carboxylic acids is 1. The summed E-state index contributed by atoms with van der Waals surface area (Å²) in [6.07, 6.45) is -3.30. The van der Waals surface area contributed by atoms with Gasteiger partial charge >= 0.3 is 12.1 Å². The van der Waals surface area contributed by atoms with Crippen molar-refractivity contribution < 1.29 is 32.5 Å². The number of rotatable bonds is 9. The number of phenols is 1. The molecule has 4 nitrogen and oxygen atoms in total. The zero-order valence-corrected chi connectivity index (χ0v) is 16.4. The Bertz CT molecular complexity index is 645. The minimum Gasteiger partial charge on any atom is -0.508 e. The van der Waals surface area contributed by atoms with Gasteiger partial charge in [0.2, 0.25) is 0 Å². The van der Waals surface area contributed by atoms with Gasteiger partial charge in [0, 0.05) is 6.61 Å². The van der Waals surface area contributed by atoms with Gasteiger partial charge in [-0.25, -0.2) is 0 Å². The molecule has 0 saturated heterocycles. The van der Waals surface area contributed by atoms with Gasteiger partial charge in [0.25, 0.3) is 0 Å². The molecule has 0 amide bonds. The molecule has 2 unspecified atom stereocenters. The number of aromatic hydroxyl groups is 1. The van der Waals surface area contributed by atoms with Crippen molar-refractivity contribution in [3.63, 3.8) is 0 Å². The molecule has 1 aliphatic rings. The number of benzene rings is 1. The van der Waals surface area contributed by atoms with Crippen LogP contribution in [0.25, 0.3) is 0 Å². The molecule has 7 heteroatoms. The van der Waals surface area contributed by atoms with Gasteiger partial charge in [-0.05, 0) is 68.2 Å². The first-order valence-electron chi connectivity index (χ1n) is 9.90. The first kappa shape index (κ1) is 22.5. The van der Waals surface area contributed by atoms with Gasteiger partial charge in [-0.2, -0.15) is 13.2 Å². The molecule has 2 rings (SSSR count). The fourth-order valence-corrected chi connectivity index (χ4v) is 3.78. The van der Waals surface area contributed by atoms with E-state index in [0.717, 1.165) is 11.1 Å². The lowest BCUT2D eigenvalue weighted by Crippen LogP contribution is -2.31. The fraction of sp³-hybridized carbons (Fsp3) is 0.667. The van der Waals surface area contributed by atoms with Gasteiger partial charge in [-0.15, -0.1) is 0 Å². The molecule has 0 spiro atoms. The van der Waals surface area contributed by atoms with Crippen LogP contribution in [-0.4, -0.2) is 36.6 Å². The molecule has 0 fully saturated rings. The number of carbonyl (C=O) groups is 1. The first-order chi connectivity index (χ1) is 13.2. The summed E-state index contributed by atoms with van der Waals surface area (Å²) in [6, 6.07) is 5.22. The zero-order valence-electron chi connectivity index (χ0n) is 16.4. The SMILES string of the molecule is CCO[C@H](CCCCCOC(=O)C1CCc2cc(O)ccc2C1C)C(F)(F)F. The van der Waals surface area contributed by atoms with Crippen LogP contribution in [0.2, 0.25) is 0 Å². The lowest BCUT2D eigenvalue weighted by Gasteiger charge is -2.29. The third kappa shape index (κ3) is 6.12. The van der Waals surface area contributed by atoms with Crippen LogP contribution in [0, 0.1) is 5.92 Å². The second-order valence-corrected chi connectivity index (χ2v) is 7.32. The monoisotopic (exact) mass is 402 g/mol. The van der Waals surface area contributed by atoms with Crippen LogP contribution in [0.4, 0.5) is 13.2 Å². The third-order valence-corrected chi connectivity index (χ3v) is 5.34. The molecule has 0 aromatic heterocycles. The van der Waals surface area contributed by atoms with Crippen molar-refractivity contribution in [1.29, 1.82) is 0 Å². The maximum atomic E-state index is 12.8. The van der Waals surface area contributed by atoms with Gasteiger partial charge in [0.05, 0.1) is 12.5 Å². The molecule has 158 valence electrons. The van der Waals surface area contributed by atoms with E-state index in [0.29, 0.717) is 32.1 Å². The quantitative estimate of drug-likeness (QED) is 0.460. The molecule has 1 aromatic rings. The van der Waals surface area contributed by atoms with Crippen molar-refractivity contribution in [3.05, 3.63) is 29.3 Å². The van der Waals surface area contributed by atoms with Crippen LogP contribution in [0.5, 0.6) is 5.75 Å². The van der Waals surface area contributed by atoms with Crippen LogP contribution < -0.4 is 0 Å². The molecule has 0 radical (unpaired) electrons. The Morgan fingerprint density at radius 3 is 2.71 bits per heavy atom. The van der Waals surface area contributed by atoms with E-state index in [-0.39, 0.29) is 43.2 Å². The number of hydrogen-bond acceptors (Lipinski definition) is 4. The second kappa shape index (κ2) is 10.1. The number of hydrogen-bond donors (Lipinski definition) is 1. The molecule has 3 atom stereocenters. The predicted octanol–water partition coefficient (Wildman–Crippen LogP) is 5.13. The van der Waals surface area contributed by atoms with E-state index in [1.165, 1.54) is 0 Å². The van der Waals surface area contributed by atoms with Gasteiger partial charge in [0.1, 0.15) is 5.75 Å². The van der Waals surface area contributed by atoms with E-state index < -0.39 is 12.3 Å². The Hall–Kier alpha value is -1.76. The van der Waals surface area contributed by atoms with Crippen LogP contribution in [0.1, 0.15) is 63.0 Å². The number of unbranched alkanes of at least 4 members (excludes halogenated alkanes) is 2. The Morgan fingerprint density at radius 2 is 2.04 bits per heavy atom. The summed E-state index contributed by atoms with van der Waals surface area (Å²) in [5.41, 5.74) is 2.12. The molecule has 0 bridgehead atoms. The summed E-state index contributed by atoms with van der Waals surface area (Å²) in [5, 5.41) is 9.58. The highest BCUT2D eigenvalue weighted by Gasteiger charge is 2.39. The minimum atomic E-state index is -4.34. The average Bonchev–Trinajstić information content (AvgIpc) is 2.62. The Labute approximate surface area is 164 Å². The lowest BCUT2D eigenvalue weighted by atomic mass is 9.76. The average molecular weight is 402 g/mol. The topological polar surface area (TPSA) is 55.8 Å². The highest BCUT2D eigenvalue weighted by molar-refractivity contribution is 5.74. The van der Waals surface area contributed by atoms with E-state index in [2.05, 4.69) is 0 Å². The van der Waals surface area contributed by atoms with E-state index in [9.17, 15) is 23.1 Å². The molecular formula is C21H29F3O4. The number of halogens is 3. The van der Waals surface area contributed by atoms with Gasteiger partial charge in [-0.3, -0.25) is 4.79 Å². The standard InChI is InChI=1S/C21H29F3O4/c1-3-27-19(21(22,23)24)7-5-4-6-12-28-20(26)18-10-8-15-13-16(25)9-11-17(15)14(18)2/h9,11,13-14,18-19,25H,3-8,10,12H2,1-2H3/t14?,18?,19-/m1/s1. The number of fused-ring (bicyclic) bond motifs is 1. The van der Waals surface area contributed by atoms with Crippen LogP contribution in [0.15, 0.2) is 18.2 Å². The highest BCUT2D eigenvalue weighted by atomic mass is 19.4. The minimum absolute atomic E-state index is 0.00980. The number of phenolic OH excluding ortho intramolecular Hbond substituents is 1. The van der Waals surface area contributed by atoms with E-state index in [4.69, 9.17) is 9.47 Å². The maximum Gasteiger partial charge on any atom is 0.414 e. The van der Waals surface area contributed by atoms with Gasteiger partial charge < -0.3 is 14.6 Å². The zero-order chi connectivity index (χ0) is 20.7. The number of aryl methyl sites for hydroxylation is 1. The summed E-state index contributed by atoms with van der Waals surface area (Å²) in [6.45, 7) is 3.78. The smallest absolute Gasteiger partial charge is 0.414 e. The highest BCUT2D eigenvalue weighted by Crippen LogP contribution is 2.38. The van der Waals surface area contributed by atoms with Crippen molar-refractivity contribution in [2.75, 3.05) is 13.2 Å². The molecular weight excluding hydrogens is 373 g/mol. The molecule has 0 saturated carbocycles. The summed E-state index contributed by atoms with van der Waals surface area (Å²) >= 11 is 0.